The summed E-state index contributed by atoms with van der Waals surface area (Å²) in [7, 11) is 0. The van der Waals surface area contributed by atoms with Gasteiger partial charge in [0.2, 0.25) is 4.93 Å². The fraction of sp³-hybridized carbons (Fsp3) is 0.368. The van der Waals surface area contributed by atoms with E-state index < -0.39 is 16.3 Å². The third kappa shape index (κ3) is 2.30. The van der Waals surface area contributed by atoms with Crippen LogP contribution in [0.15, 0.2) is 58.7 Å². The predicted octanol–water partition coefficient (Wildman–Crippen LogP) is 3.63. The Hall–Kier alpha value is -2.01. The molecule has 0 N–H and O–H groups in total. The van der Waals surface area contributed by atoms with Gasteiger partial charge in [-0.2, -0.15) is 0 Å². The van der Waals surface area contributed by atoms with Gasteiger partial charge in [-0.05, 0) is 31.6 Å². The van der Waals surface area contributed by atoms with Crippen molar-refractivity contribution in [1.29, 1.82) is 0 Å². The number of hydrogen-bond donors (Lipinski definition) is 0. The zero-order valence-electron chi connectivity index (χ0n) is 13.6. The molecule has 5 heteroatoms. The number of allylic oxidation sites excluding steroid dienone is 1. The first-order valence-corrected chi connectivity index (χ1v) is 8.83. The van der Waals surface area contributed by atoms with Crippen LogP contribution < -0.4 is 0 Å². The molecule has 1 aromatic rings. The largest absolute Gasteiger partial charge is 0.484 e. The van der Waals surface area contributed by atoms with E-state index >= 15 is 0 Å². The molecule has 3 aliphatic rings. The molecule has 2 heterocycles. The Morgan fingerprint density at radius 1 is 1.17 bits per heavy atom. The second-order valence-electron chi connectivity index (χ2n) is 6.84. The van der Waals surface area contributed by atoms with Gasteiger partial charge < -0.3 is 9.47 Å². The van der Waals surface area contributed by atoms with Crippen molar-refractivity contribution in [2.24, 2.45) is 5.41 Å². The van der Waals surface area contributed by atoms with Crippen LogP contribution >= 0.6 is 11.8 Å². The quantitative estimate of drug-likeness (QED) is 0.467. The number of cyclic esters (lactones) is 1. The van der Waals surface area contributed by atoms with E-state index in [1.807, 2.05) is 49.4 Å². The lowest BCUT2D eigenvalue weighted by atomic mass is 9.73. The summed E-state index contributed by atoms with van der Waals surface area (Å²) in [5, 5.41) is 0. The van der Waals surface area contributed by atoms with Crippen LogP contribution in [0, 0.1) is 5.41 Å². The summed E-state index contributed by atoms with van der Waals surface area (Å²) in [6.45, 7) is 3.69. The van der Waals surface area contributed by atoms with Gasteiger partial charge in [0.15, 0.2) is 11.5 Å². The zero-order valence-corrected chi connectivity index (χ0v) is 14.4. The summed E-state index contributed by atoms with van der Waals surface area (Å²) in [4.78, 5) is 25.4. The highest BCUT2D eigenvalue weighted by Gasteiger charge is 2.55. The van der Waals surface area contributed by atoms with E-state index in [1.54, 1.807) is 6.92 Å². The van der Waals surface area contributed by atoms with Crippen LogP contribution in [0.25, 0.3) is 0 Å². The maximum atomic E-state index is 13.0. The van der Waals surface area contributed by atoms with Gasteiger partial charge in [0, 0.05) is 16.7 Å². The number of esters is 1. The van der Waals surface area contributed by atoms with E-state index in [9.17, 15) is 9.59 Å². The molecular weight excluding hydrogens is 324 g/mol. The van der Waals surface area contributed by atoms with Gasteiger partial charge in [0.1, 0.15) is 11.7 Å². The normalized spacial score (nSPS) is 34.5. The Kier molecular flexibility index (Phi) is 3.39. The van der Waals surface area contributed by atoms with Gasteiger partial charge in [-0.15, -0.1) is 0 Å². The molecule has 24 heavy (non-hydrogen) atoms. The number of hydrogen-bond acceptors (Lipinski definition) is 5. The summed E-state index contributed by atoms with van der Waals surface area (Å²) >= 11 is 1.39. The average molecular weight is 342 g/mol. The van der Waals surface area contributed by atoms with E-state index in [4.69, 9.17) is 9.47 Å². The standard InChI is InChI=1S/C19H18O4S/c1-18-10-6-7-12(11-18)22-16-14(15(18)20)17(21)23-19(16,2)24-13-8-4-3-5-9-13/h3-9,12H,10-11H2,1-2H3/t12-,18+,19+/m1/s1. The van der Waals surface area contributed by atoms with E-state index in [0.29, 0.717) is 18.6 Å². The summed E-state index contributed by atoms with van der Waals surface area (Å²) < 4.78 is 11.7. The monoisotopic (exact) mass is 342 g/mol. The third-order valence-electron chi connectivity index (χ3n) is 4.80. The molecule has 0 radical (unpaired) electrons. The second-order valence-corrected chi connectivity index (χ2v) is 8.29. The maximum absolute atomic E-state index is 13.0. The van der Waals surface area contributed by atoms with Crippen molar-refractivity contribution in [3.8, 4) is 0 Å². The van der Waals surface area contributed by atoms with Gasteiger partial charge in [0.05, 0.1) is 0 Å². The topological polar surface area (TPSA) is 52.6 Å². The number of thioether (sulfide) groups is 1. The van der Waals surface area contributed by atoms with E-state index in [-0.39, 0.29) is 17.5 Å². The highest BCUT2D eigenvalue weighted by Crippen LogP contribution is 2.51. The molecule has 0 amide bonds. The van der Waals surface area contributed by atoms with Gasteiger partial charge in [0.25, 0.3) is 0 Å². The molecule has 4 nitrogen and oxygen atoms in total. The van der Waals surface area contributed by atoms with Crippen LogP contribution in [0.5, 0.6) is 0 Å². The van der Waals surface area contributed by atoms with E-state index in [2.05, 4.69) is 0 Å². The maximum Gasteiger partial charge on any atom is 0.347 e. The van der Waals surface area contributed by atoms with Crippen LogP contribution in [0.2, 0.25) is 0 Å². The average Bonchev–Trinajstić information content (AvgIpc) is 2.73. The highest BCUT2D eigenvalue weighted by molar-refractivity contribution is 8.00. The van der Waals surface area contributed by atoms with E-state index in [1.165, 1.54) is 11.8 Å². The molecular formula is C19H18O4S. The first kappa shape index (κ1) is 15.5. The number of ketones is 1. The lowest BCUT2D eigenvalue weighted by Gasteiger charge is -2.32. The van der Waals surface area contributed by atoms with Crippen molar-refractivity contribution in [2.75, 3.05) is 0 Å². The minimum atomic E-state index is -1.02. The lowest BCUT2D eigenvalue weighted by Crippen LogP contribution is -2.35. The first-order valence-electron chi connectivity index (χ1n) is 8.02. The smallest absolute Gasteiger partial charge is 0.347 e. The Labute approximate surface area is 144 Å². The van der Waals surface area contributed by atoms with Crippen LogP contribution in [0.1, 0.15) is 26.7 Å². The van der Waals surface area contributed by atoms with Gasteiger partial charge in [-0.1, -0.05) is 43.0 Å². The summed E-state index contributed by atoms with van der Waals surface area (Å²) in [6, 6.07) is 9.67. The molecule has 0 saturated heterocycles. The van der Waals surface area contributed by atoms with Crippen molar-refractivity contribution in [2.45, 2.75) is 42.6 Å². The fourth-order valence-corrected chi connectivity index (χ4v) is 4.63. The number of carbonyl (C=O) groups excluding carboxylic acids is 2. The first-order chi connectivity index (χ1) is 11.4. The molecule has 0 aromatic heterocycles. The number of Topliss-reactive ketones (excluding diaryl/α,β-unsaturated/α-hetero) is 1. The molecule has 1 aliphatic carbocycles. The van der Waals surface area contributed by atoms with Crippen LogP contribution in [0.4, 0.5) is 0 Å². The Balaban J connectivity index is 1.78. The van der Waals surface area contributed by atoms with Gasteiger partial charge in [-0.3, -0.25) is 4.79 Å². The van der Waals surface area contributed by atoms with Gasteiger partial charge >= 0.3 is 5.97 Å². The minimum absolute atomic E-state index is 0.0923. The number of ether oxygens (including phenoxy) is 2. The minimum Gasteiger partial charge on any atom is -0.484 e. The molecule has 1 aromatic carbocycles. The van der Waals surface area contributed by atoms with E-state index in [0.717, 1.165) is 4.90 Å². The van der Waals surface area contributed by atoms with Crippen LogP contribution in [-0.2, 0) is 19.1 Å². The van der Waals surface area contributed by atoms with Crippen molar-refractivity contribution in [3.63, 3.8) is 0 Å². The van der Waals surface area contributed by atoms with Crippen molar-refractivity contribution < 1.29 is 19.1 Å². The Morgan fingerprint density at radius 2 is 1.92 bits per heavy atom. The summed E-state index contributed by atoms with van der Waals surface area (Å²) in [5.74, 6) is -0.368. The Bertz CT molecular complexity index is 782. The van der Waals surface area contributed by atoms with Crippen molar-refractivity contribution in [3.05, 3.63) is 53.8 Å². The molecule has 3 atom stereocenters. The number of benzene rings is 1. The lowest BCUT2D eigenvalue weighted by molar-refractivity contribution is -0.144. The molecule has 0 unspecified atom stereocenters. The number of carbonyl (C=O) groups is 2. The SMILES string of the molecule is C[C@]12CC=C[C@H](C1)OC1=C(C(=O)O[C@@]1(C)Sc1ccccc1)C2=O. The van der Waals surface area contributed by atoms with Gasteiger partial charge in [-0.25, -0.2) is 4.79 Å². The Morgan fingerprint density at radius 3 is 2.67 bits per heavy atom. The molecule has 2 aliphatic heterocycles. The molecule has 0 spiro atoms. The molecule has 124 valence electrons. The number of fused-ring (bicyclic) bond motifs is 2. The fourth-order valence-electron chi connectivity index (χ4n) is 3.53. The summed E-state index contributed by atoms with van der Waals surface area (Å²) in [5.41, 5.74) is -0.507. The zero-order chi connectivity index (χ0) is 16.9. The van der Waals surface area contributed by atoms with Crippen molar-refractivity contribution in [1.82, 2.24) is 0 Å². The van der Waals surface area contributed by atoms with Crippen LogP contribution in [-0.4, -0.2) is 22.8 Å². The molecule has 0 fully saturated rings. The highest BCUT2D eigenvalue weighted by atomic mass is 32.2. The molecule has 2 bridgehead atoms. The molecule has 0 saturated carbocycles. The molecule has 4 rings (SSSR count). The second kappa shape index (κ2) is 5.24. The van der Waals surface area contributed by atoms with Crippen molar-refractivity contribution >= 4 is 23.5 Å². The third-order valence-corrected chi connectivity index (χ3v) is 5.97. The predicted molar refractivity (Wildman–Crippen MR) is 90.2 cm³/mol. The summed E-state index contributed by atoms with van der Waals surface area (Å²) in [6.07, 6.45) is 4.96. The number of rotatable bonds is 2. The van der Waals surface area contributed by atoms with Crippen LogP contribution in [0.3, 0.4) is 0 Å².